The summed E-state index contributed by atoms with van der Waals surface area (Å²) in [5.41, 5.74) is 1.02. The van der Waals surface area contributed by atoms with Gasteiger partial charge in [-0.15, -0.1) is 0 Å². The van der Waals surface area contributed by atoms with Crippen LogP contribution < -0.4 is 14.8 Å². The van der Waals surface area contributed by atoms with Crippen molar-refractivity contribution in [3.63, 3.8) is 0 Å². The standard InChI is InChI=1S/C14H19NO3/c1-9(2)6-14(16)15-10(3)11-4-5-12-13(7-11)18-8-17-12/h4-5,7,9-10H,6,8H2,1-3H3,(H,15,16)/t10-/m0/s1. The molecule has 98 valence electrons. The molecule has 18 heavy (non-hydrogen) atoms. The number of amides is 1. The van der Waals surface area contributed by atoms with Crippen LogP contribution in [0, 0.1) is 5.92 Å². The van der Waals surface area contributed by atoms with E-state index >= 15 is 0 Å². The van der Waals surface area contributed by atoms with Crippen molar-refractivity contribution in [2.24, 2.45) is 5.92 Å². The molecule has 1 aromatic carbocycles. The third kappa shape index (κ3) is 2.94. The second kappa shape index (κ2) is 5.29. The molecule has 0 fully saturated rings. The Hall–Kier alpha value is -1.71. The molecule has 0 aliphatic carbocycles. The summed E-state index contributed by atoms with van der Waals surface area (Å²) in [7, 11) is 0. The lowest BCUT2D eigenvalue weighted by atomic mass is 10.1. The molecule has 1 aliphatic rings. The fourth-order valence-corrected chi connectivity index (χ4v) is 1.94. The molecule has 1 atom stereocenters. The molecule has 0 saturated carbocycles. The zero-order valence-electron chi connectivity index (χ0n) is 11.0. The summed E-state index contributed by atoms with van der Waals surface area (Å²) >= 11 is 0. The van der Waals surface area contributed by atoms with Gasteiger partial charge in [0.2, 0.25) is 12.7 Å². The van der Waals surface area contributed by atoms with Gasteiger partial charge in [-0.25, -0.2) is 0 Å². The van der Waals surface area contributed by atoms with Crippen molar-refractivity contribution in [3.05, 3.63) is 23.8 Å². The van der Waals surface area contributed by atoms with Gasteiger partial charge in [-0.1, -0.05) is 19.9 Å². The first kappa shape index (κ1) is 12.7. The second-order valence-corrected chi connectivity index (χ2v) is 5.00. The monoisotopic (exact) mass is 249 g/mol. The van der Waals surface area contributed by atoms with Crippen LogP contribution in [-0.2, 0) is 4.79 Å². The van der Waals surface area contributed by atoms with Crippen molar-refractivity contribution in [1.82, 2.24) is 5.32 Å². The molecule has 1 amide bonds. The van der Waals surface area contributed by atoms with Crippen molar-refractivity contribution >= 4 is 5.91 Å². The number of carbonyl (C=O) groups is 1. The van der Waals surface area contributed by atoms with Crippen LogP contribution in [0.1, 0.15) is 38.8 Å². The predicted octanol–water partition coefficient (Wildman–Crippen LogP) is 2.64. The van der Waals surface area contributed by atoms with E-state index in [2.05, 4.69) is 5.32 Å². The van der Waals surface area contributed by atoms with Gasteiger partial charge in [-0.2, -0.15) is 0 Å². The number of ether oxygens (including phenoxy) is 2. The lowest BCUT2D eigenvalue weighted by Crippen LogP contribution is -2.27. The Labute approximate surface area is 107 Å². The normalized spacial score (nSPS) is 14.7. The van der Waals surface area contributed by atoms with Crippen molar-refractivity contribution in [1.29, 1.82) is 0 Å². The molecular formula is C14H19NO3. The van der Waals surface area contributed by atoms with Gasteiger partial charge in [0.15, 0.2) is 11.5 Å². The maximum Gasteiger partial charge on any atom is 0.231 e. The van der Waals surface area contributed by atoms with Crippen LogP contribution >= 0.6 is 0 Å². The van der Waals surface area contributed by atoms with E-state index in [-0.39, 0.29) is 18.7 Å². The highest BCUT2D eigenvalue weighted by atomic mass is 16.7. The lowest BCUT2D eigenvalue weighted by molar-refractivity contribution is -0.122. The average Bonchev–Trinajstić information content (AvgIpc) is 2.74. The Kier molecular flexibility index (Phi) is 3.75. The quantitative estimate of drug-likeness (QED) is 0.892. The highest BCUT2D eigenvalue weighted by Crippen LogP contribution is 2.34. The predicted molar refractivity (Wildman–Crippen MR) is 68.6 cm³/mol. The molecule has 0 aromatic heterocycles. The number of nitrogens with one attached hydrogen (secondary N) is 1. The topological polar surface area (TPSA) is 47.6 Å². The molecule has 2 rings (SSSR count). The van der Waals surface area contributed by atoms with Crippen molar-refractivity contribution < 1.29 is 14.3 Å². The zero-order chi connectivity index (χ0) is 13.1. The van der Waals surface area contributed by atoms with Crippen molar-refractivity contribution in [2.45, 2.75) is 33.2 Å². The van der Waals surface area contributed by atoms with E-state index in [9.17, 15) is 4.79 Å². The fourth-order valence-electron chi connectivity index (χ4n) is 1.94. The van der Waals surface area contributed by atoms with Crippen LogP contribution in [0.5, 0.6) is 11.5 Å². The van der Waals surface area contributed by atoms with Crippen LogP contribution in [0.15, 0.2) is 18.2 Å². The van der Waals surface area contributed by atoms with Gasteiger partial charge < -0.3 is 14.8 Å². The first-order valence-corrected chi connectivity index (χ1v) is 6.25. The number of hydrogen-bond donors (Lipinski definition) is 1. The van der Waals surface area contributed by atoms with E-state index in [1.54, 1.807) is 0 Å². The molecule has 4 nitrogen and oxygen atoms in total. The Balaban J connectivity index is 2.00. The number of benzene rings is 1. The number of fused-ring (bicyclic) bond motifs is 1. The molecule has 0 saturated heterocycles. The molecule has 1 heterocycles. The highest BCUT2D eigenvalue weighted by Gasteiger charge is 2.16. The summed E-state index contributed by atoms with van der Waals surface area (Å²) in [6, 6.07) is 5.73. The van der Waals surface area contributed by atoms with E-state index in [0.29, 0.717) is 12.3 Å². The molecule has 1 aliphatic heterocycles. The molecule has 0 bridgehead atoms. The minimum absolute atomic E-state index is 0.0225. The number of carbonyl (C=O) groups excluding carboxylic acids is 1. The minimum atomic E-state index is -0.0225. The van der Waals surface area contributed by atoms with E-state index in [0.717, 1.165) is 17.1 Å². The van der Waals surface area contributed by atoms with E-state index in [4.69, 9.17) is 9.47 Å². The summed E-state index contributed by atoms with van der Waals surface area (Å²) in [6.45, 7) is 6.30. The Morgan fingerprint density at radius 2 is 2.00 bits per heavy atom. The number of hydrogen-bond acceptors (Lipinski definition) is 3. The molecular weight excluding hydrogens is 230 g/mol. The van der Waals surface area contributed by atoms with Gasteiger partial charge >= 0.3 is 0 Å². The van der Waals surface area contributed by atoms with Gasteiger partial charge in [0.1, 0.15) is 0 Å². The smallest absolute Gasteiger partial charge is 0.231 e. The maximum atomic E-state index is 11.7. The van der Waals surface area contributed by atoms with E-state index in [1.807, 2.05) is 39.0 Å². The van der Waals surface area contributed by atoms with Gasteiger partial charge in [0.25, 0.3) is 0 Å². The largest absolute Gasteiger partial charge is 0.454 e. The van der Waals surface area contributed by atoms with Crippen LogP contribution in [0.25, 0.3) is 0 Å². The van der Waals surface area contributed by atoms with E-state index in [1.165, 1.54) is 0 Å². The lowest BCUT2D eigenvalue weighted by Gasteiger charge is -2.15. The van der Waals surface area contributed by atoms with Crippen molar-refractivity contribution in [3.8, 4) is 11.5 Å². The SMILES string of the molecule is CC(C)CC(=O)N[C@@H](C)c1ccc2c(c1)OCO2. The number of rotatable bonds is 4. The Morgan fingerprint density at radius 3 is 2.72 bits per heavy atom. The summed E-state index contributed by atoms with van der Waals surface area (Å²) < 4.78 is 10.6. The van der Waals surface area contributed by atoms with Crippen LogP contribution in [0.3, 0.4) is 0 Å². The first-order valence-electron chi connectivity index (χ1n) is 6.25. The minimum Gasteiger partial charge on any atom is -0.454 e. The van der Waals surface area contributed by atoms with Gasteiger partial charge in [-0.3, -0.25) is 4.79 Å². The molecule has 4 heteroatoms. The molecule has 1 N–H and O–H groups in total. The fraction of sp³-hybridized carbons (Fsp3) is 0.500. The maximum absolute atomic E-state index is 11.7. The Morgan fingerprint density at radius 1 is 1.28 bits per heavy atom. The molecule has 0 unspecified atom stereocenters. The average molecular weight is 249 g/mol. The summed E-state index contributed by atoms with van der Waals surface area (Å²) in [5, 5.41) is 2.98. The van der Waals surface area contributed by atoms with Crippen LogP contribution in [-0.4, -0.2) is 12.7 Å². The summed E-state index contributed by atoms with van der Waals surface area (Å²) in [4.78, 5) is 11.7. The van der Waals surface area contributed by atoms with Gasteiger partial charge in [-0.05, 0) is 30.5 Å². The molecule has 0 radical (unpaired) electrons. The van der Waals surface area contributed by atoms with Gasteiger partial charge in [0.05, 0.1) is 6.04 Å². The van der Waals surface area contributed by atoms with Crippen LogP contribution in [0.4, 0.5) is 0 Å². The third-order valence-electron chi connectivity index (χ3n) is 2.87. The zero-order valence-corrected chi connectivity index (χ0v) is 11.0. The second-order valence-electron chi connectivity index (χ2n) is 5.00. The Bertz CT molecular complexity index is 443. The van der Waals surface area contributed by atoms with Crippen molar-refractivity contribution in [2.75, 3.05) is 6.79 Å². The summed E-state index contributed by atoms with van der Waals surface area (Å²) in [5.74, 6) is 1.96. The van der Waals surface area contributed by atoms with Gasteiger partial charge in [0, 0.05) is 6.42 Å². The van der Waals surface area contributed by atoms with E-state index < -0.39 is 0 Å². The molecule has 1 aromatic rings. The first-order chi connectivity index (χ1) is 8.56. The van der Waals surface area contributed by atoms with Crippen LogP contribution in [0.2, 0.25) is 0 Å². The highest BCUT2D eigenvalue weighted by molar-refractivity contribution is 5.76. The third-order valence-corrected chi connectivity index (χ3v) is 2.87. The molecule has 0 spiro atoms. The summed E-state index contributed by atoms with van der Waals surface area (Å²) in [6.07, 6.45) is 0.550.